The Bertz CT molecular complexity index is 1160. The molecule has 0 bridgehead atoms. The summed E-state index contributed by atoms with van der Waals surface area (Å²) in [6.45, 7) is 0. The summed E-state index contributed by atoms with van der Waals surface area (Å²) in [5, 5.41) is 6.70. The second-order valence-corrected chi connectivity index (χ2v) is 6.08. The number of hydrogen-bond donors (Lipinski definition) is 2. The van der Waals surface area contributed by atoms with Crippen LogP contribution in [-0.2, 0) is 0 Å². The van der Waals surface area contributed by atoms with Crippen molar-refractivity contribution in [1.29, 1.82) is 0 Å². The number of ether oxygens (including phenoxy) is 2. The molecule has 0 aliphatic carbocycles. The molecule has 1 amide bonds. The first-order chi connectivity index (χ1) is 14.2. The summed E-state index contributed by atoms with van der Waals surface area (Å²) < 4.78 is 15.9. The number of rotatable bonds is 6. The van der Waals surface area contributed by atoms with E-state index >= 15 is 0 Å². The highest BCUT2D eigenvalue weighted by Gasteiger charge is 2.12. The van der Waals surface area contributed by atoms with E-state index in [2.05, 4.69) is 20.6 Å². The average Bonchev–Trinajstić information content (AvgIpc) is 3.26. The number of benzene rings is 2. The second-order valence-electron chi connectivity index (χ2n) is 6.08. The number of nitrogens with one attached hydrogen (secondary N) is 2. The first kappa shape index (κ1) is 18.3. The van der Waals surface area contributed by atoms with Crippen LogP contribution in [0.5, 0.6) is 11.5 Å². The molecule has 4 rings (SSSR count). The molecule has 0 aliphatic heterocycles. The van der Waals surface area contributed by atoms with Gasteiger partial charge in [0.1, 0.15) is 12.1 Å². The quantitative estimate of drug-likeness (QED) is 0.508. The predicted molar refractivity (Wildman–Crippen MR) is 109 cm³/mol. The van der Waals surface area contributed by atoms with Gasteiger partial charge in [-0.2, -0.15) is 0 Å². The van der Waals surface area contributed by atoms with Gasteiger partial charge in [-0.3, -0.25) is 10.1 Å². The Morgan fingerprint density at radius 2 is 1.83 bits per heavy atom. The monoisotopic (exact) mass is 390 g/mol. The van der Waals surface area contributed by atoms with Gasteiger partial charge in [0.2, 0.25) is 0 Å². The van der Waals surface area contributed by atoms with E-state index in [0.717, 1.165) is 5.39 Å². The molecule has 0 atom stereocenters. The Morgan fingerprint density at radius 1 is 1.00 bits per heavy atom. The molecular weight excluding hydrogens is 372 g/mol. The van der Waals surface area contributed by atoms with Gasteiger partial charge in [0.25, 0.3) is 5.91 Å². The van der Waals surface area contributed by atoms with Crippen molar-refractivity contribution < 1.29 is 18.7 Å². The summed E-state index contributed by atoms with van der Waals surface area (Å²) in [6.07, 6.45) is 2.96. The molecule has 146 valence electrons. The van der Waals surface area contributed by atoms with Crippen LogP contribution in [0.2, 0.25) is 0 Å². The van der Waals surface area contributed by atoms with E-state index in [1.54, 1.807) is 50.6 Å². The Labute approximate surface area is 166 Å². The van der Waals surface area contributed by atoms with E-state index < -0.39 is 0 Å². The third-order valence-corrected chi connectivity index (χ3v) is 4.29. The van der Waals surface area contributed by atoms with E-state index in [-0.39, 0.29) is 5.91 Å². The molecule has 2 N–H and O–H groups in total. The maximum absolute atomic E-state index is 12.4. The van der Waals surface area contributed by atoms with Crippen molar-refractivity contribution in [2.45, 2.75) is 0 Å². The number of furan rings is 1. The minimum Gasteiger partial charge on any atom is -0.493 e. The molecule has 29 heavy (non-hydrogen) atoms. The summed E-state index contributed by atoms with van der Waals surface area (Å²) >= 11 is 0. The van der Waals surface area contributed by atoms with Crippen molar-refractivity contribution in [3.05, 3.63) is 66.7 Å². The summed E-state index contributed by atoms with van der Waals surface area (Å²) in [7, 11) is 3.14. The van der Waals surface area contributed by atoms with Crippen molar-refractivity contribution in [3.8, 4) is 11.5 Å². The minimum absolute atomic E-state index is 0.275. The molecule has 0 radical (unpaired) electrons. The number of anilines is 3. The molecular formula is C21H18N4O4. The van der Waals surface area contributed by atoms with Crippen LogP contribution in [0.25, 0.3) is 10.9 Å². The molecule has 2 heterocycles. The first-order valence-electron chi connectivity index (χ1n) is 8.76. The lowest BCUT2D eigenvalue weighted by atomic mass is 10.1. The van der Waals surface area contributed by atoms with Gasteiger partial charge in [0.05, 0.1) is 26.0 Å². The highest BCUT2D eigenvalue weighted by Crippen LogP contribution is 2.34. The van der Waals surface area contributed by atoms with Crippen LogP contribution in [0.1, 0.15) is 10.4 Å². The van der Waals surface area contributed by atoms with Crippen LogP contribution in [-0.4, -0.2) is 30.1 Å². The summed E-state index contributed by atoms with van der Waals surface area (Å²) in [5.74, 6) is 1.85. The lowest BCUT2D eigenvalue weighted by Gasteiger charge is -2.12. The van der Waals surface area contributed by atoms with Crippen molar-refractivity contribution in [2.75, 3.05) is 24.9 Å². The number of carbonyl (C=O) groups is 1. The fraction of sp³-hybridized carbons (Fsp3) is 0.0952. The maximum atomic E-state index is 12.4. The molecule has 0 saturated carbocycles. The number of fused-ring (bicyclic) bond motifs is 1. The number of amides is 1. The summed E-state index contributed by atoms with van der Waals surface area (Å²) in [5.41, 5.74) is 1.88. The largest absolute Gasteiger partial charge is 0.493 e. The highest BCUT2D eigenvalue weighted by molar-refractivity contribution is 6.04. The average molecular weight is 390 g/mol. The van der Waals surface area contributed by atoms with Gasteiger partial charge in [0, 0.05) is 28.8 Å². The minimum atomic E-state index is -0.275. The van der Waals surface area contributed by atoms with Gasteiger partial charge in [-0.15, -0.1) is 0 Å². The van der Waals surface area contributed by atoms with Crippen molar-refractivity contribution in [2.24, 2.45) is 0 Å². The van der Waals surface area contributed by atoms with E-state index in [9.17, 15) is 4.79 Å². The van der Waals surface area contributed by atoms with Gasteiger partial charge < -0.3 is 19.2 Å². The van der Waals surface area contributed by atoms with E-state index in [4.69, 9.17) is 13.9 Å². The fourth-order valence-corrected chi connectivity index (χ4v) is 2.89. The Kier molecular flexibility index (Phi) is 4.98. The number of aromatic nitrogens is 2. The SMILES string of the molecule is COc1cc2ncnc(Nc3cccc(C(=O)Nc4ccco4)c3)c2cc1OC. The molecule has 0 saturated heterocycles. The van der Waals surface area contributed by atoms with Gasteiger partial charge in [0.15, 0.2) is 17.4 Å². The smallest absolute Gasteiger partial charge is 0.258 e. The standard InChI is InChI=1S/C21H18N4O4/c1-27-17-10-15-16(11-18(17)28-2)22-12-23-20(15)24-14-6-3-5-13(9-14)21(26)25-19-7-4-8-29-19/h3-12H,1-2H3,(H,25,26)(H,22,23,24). The number of hydrogen-bond acceptors (Lipinski definition) is 7. The van der Waals surface area contributed by atoms with Crippen LogP contribution < -0.4 is 20.1 Å². The zero-order valence-electron chi connectivity index (χ0n) is 15.8. The van der Waals surface area contributed by atoms with Crippen molar-refractivity contribution in [3.63, 3.8) is 0 Å². The van der Waals surface area contributed by atoms with E-state index in [1.807, 2.05) is 12.1 Å². The van der Waals surface area contributed by atoms with Crippen molar-refractivity contribution in [1.82, 2.24) is 9.97 Å². The fourth-order valence-electron chi connectivity index (χ4n) is 2.89. The van der Waals surface area contributed by atoms with E-state index in [0.29, 0.717) is 40.0 Å². The first-order valence-corrected chi connectivity index (χ1v) is 8.76. The Hall–Kier alpha value is -4.07. The van der Waals surface area contributed by atoms with Crippen LogP contribution >= 0.6 is 0 Å². The third-order valence-electron chi connectivity index (χ3n) is 4.29. The van der Waals surface area contributed by atoms with Gasteiger partial charge >= 0.3 is 0 Å². The van der Waals surface area contributed by atoms with Crippen LogP contribution in [0.4, 0.5) is 17.4 Å². The molecule has 0 fully saturated rings. The van der Waals surface area contributed by atoms with Crippen LogP contribution in [0, 0.1) is 0 Å². The predicted octanol–water partition coefficient (Wildman–Crippen LogP) is 4.24. The Morgan fingerprint density at radius 3 is 2.59 bits per heavy atom. The normalized spacial score (nSPS) is 10.6. The van der Waals surface area contributed by atoms with Gasteiger partial charge in [-0.05, 0) is 30.3 Å². The molecule has 0 aliphatic rings. The number of nitrogens with zero attached hydrogens (tertiary/aromatic N) is 2. The molecule has 4 aromatic rings. The van der Waals surface area contributed by atoms with Crippen LogP contribution in [0.15, 0.2) is 65.5 Å². The lowest BCUT2D eigenvalue weighted by molar-refractivity contribution is 0.102. The number of carbonyl (C=O) groups excluding carboxylic acids is 1. The van der Waals surface area contributed by atoms with Crippen molar-refractivity contribution >= 4 is 34.2 Å². The molecule has 0 unspecified atom stereocenters. The van der Waals surface area contributed by atoms with Gasteiger partial charge in [-0.25, -0.2) is 9.97 Å². The van der Waals surface area contributed by atoms with Gasteiger partial charge in [-0.1, -0.05) is 6.07 Å². The Balaban J connectivity index is 1.64. The zero-order valence-corrected chi connectivity index (χ0v) is 15.8. The maximum Gasteiger partial charge on any atom is 0.258 e. The highest BCUT2D eigenvalue weighted by atomic mass is 16.5. The third kappa shape index (κ3) is 3.81. The lowest BCUT2D eigenvalue weighted by Crippen LogP contribution is -2.11. The van der Waals surface area contributed by atoms with E-state index in [1.165, 1.54) is 12.6 Å². The molecule has 0 spiro atoms. The molecule has 2 aromatic heterocycles. The topological polar surface area (TPSA) is 98.5 Å². The molecule has 2 aromatic carbocycles. The summed E-state index contributed by atoms with van der Waals surface area (Å²) in [6, 6.07) is 14.1. The van der Waals surface area contributed by atoms with Crippen LogP contribution in [0.3, 0.4) is 0 Å². The second kappa shape index (κ2) is 7.89. The summed E-state index contributed by atoms with van der Waals surface area (Å²) in [4.78, 5) is 21.1. The molecule has 8 heteroatoms. The zero-order chi connectivity index (χ0) is 20.2. The molecule has 8 nitrogen and oxygen atoms in total. The number of methoxy groups -OCH3 is 2.